The fourth-order valence-corrected chi connectivity index (χ4v) is 9.32. The Labute approximate surface area is 203 Å². The minimum atomic E-state index is -0.815. The van der Waals surface area contributed by atoms with Gasteiger partial charge in [0, 0.05) is 6.08 Å². The number of hydrogen-bond acceptors (Lipinski definition) is 1. The molecule has 0 heterocycles. The molecule has 2 heteroatoms. The summed E-state index contributed by atoms with van der Waals surface area (Å²) in [7, 11) is 0. The zero-order chi connectivity index (χ0) is 23.8. The summed E-state index contributed by atoms with van der Waals surface area (Å²) in [5.74, 6) is 5.18. The summed E-state index contributed by atoms with van der Waals surface area (Å²) in [6, 6.07) is 0. The van der Waals surface area contributed by atoms with E-state index >= 15 is 0 Å². The maximum Gasteiger partial charge on any atom is 0.327 e. The summed E-state index contributed by atoms with van der Waals surface area (Å²) in [5.41, 5.74) is 2.70. The Bertz CT molecular complexity index is 763. The summed E-state index contributed by atoms with van der Waals surface area (Å²) in [6.45, 7) is 12.6. The van der Waals surface area contributed by atoms with Gasteiger partial charge in [-0.1, -0.05) is 71.6 Å². The molecular formula is C31H50O2. The molecule has 1 N–H and O–H groups in total. The van der Waals surface area contributed by atoms with Crippen LogP contribution in [-0.4, -0.2) is 11.1 Å². The van der Waals surface area contributed by atoms with Gasteiger partial charge in [-0.05, 0) is 110 Å². The zero-order valence-corrected chi connectivity index (χ0v) is 22.1. The molecular weight excluding hydrogens is 404 g/mol. The van der Waals surface area contributed by atoms with Crippen LogP contribution < -0.4 is 0 Å². The van der Waals surface area contributed by atoms with Gasteiger partial charge in [0.25, 0.3) is 0 Å². The normalized spacial score (nSPS) is 41.4. The molecule has 0 aliphatic heterocycles. The molecule has 4 aliphatic rings. The van der Waals surface area contributed by atoms with E-state index in [2.05, 4.69) is 40.7 Å². The molecule has 0 amide bonds. The summed E-state index contributed by atoms with van der Waals surface area (Å²) in [5, 5.41) is 8.92. The number of rotatable bonds is 8. The number of carboxylic acid groups (broad SMARTS) is 1. The molecule has 3 fully saturated rings. The SMILES string of the molecule is CC(C)CCC[C@@H](C)[C@H]1CCC2C3CC=C4CC(CC=CC(=O)O)CC[C@]4(C)C3CC[C@@]21C. The van der Waals surface area contributed by atoms with E-state index in [-0.39, 0.29) is 0 Å². The van der Waals surface area contributed by atoms with Crippen LogP contribution >= 0.6 is 0 Å². The molecule has 0 radical (unpaired) electrons. The smallest absolute Gasteiger partial charge is 0.327 e. The molecule has 4 aliphatic carbocycles. The predicted molar refractivity (Wildman–Crippen MR) is 138 cm³/mol. The predicted octanol–water partition coefficient (Wildman–Crippen LogP) is 8.67. The summed E-state index contributed by atoms with van der Waals surface area (Å²) in [4.78, 5) is 10.8. The van der Waals surface area contributed by atoms with Crippen molar-refractivity contribution in [1.29, 1.82) is 0 Å². The first kappa shape index (κ1) is 25.1. The van der Waals surface area contributed by atoms with Crippen molar-refractivity contribution in [1.82, 2.24) is 0 Å². The quantitative estimate of drug-likeness (QED) is 0.294. The van der Waals surface area contributed by atoms with Crippen LogP contribution in [0.4, 0.5) is 0 Å². The topological polar surface area (TPSA) is 37.3 Å². The van der Waals surface area contributed by atoms with Gasteiger partial charge in [-0.2, -0.15) is 0 Å². The van der Waals surface area contributed by atoms with Gasteiger partial charge < -0.3 is 5.11 Å². The number of hydrogen-bond donors (Lipinski definition) is 1. The fourth-order valence-electron chi connectivity index (χ4n) is 9.32. The number of aliphatic carboxylic acids is 1. The molecule has 186 valence electrons. The molecule has 8 atom stereocenters. The number of fused-ring (bicyclic) bond motifs is 5. The third kappa shape index (κ3) is 4.87. The standard InChI is InChI=1S/C31H50O2/c1-21(2)8-6-9-22(3)26-14-15-27-25-13-12-24-20-23(10-7-11-29(32)33)16-18-30(24,4)28(25)17-19-31(26,27)5/h7,11-12,21-23,25-28H,6,8-10,13-20H2,1-5H3,(H,32,33)/t22-,23?,25?,26-,27?,28?,30+,31-/m1/s1. The van der Waals surface area contributed by atoms with Crippen molar-refractivity contribution in [2.75, 3.05) is 0 Å². The highest BCUT2D eigenvalue weighted by Gasteiger charge is 2.59. The van der Waals surface area contributed by atoms with E-state index in [1.54, 1.807) is 5.57 Å². The van der Waals surface area contributed by atoms with Crippen molar-refractivity contribution in [2.24, 2.45) is 52.3 Å². The molecule has 0 saturated heterocycles. The Kier molecular flexibility index (Phi) is 7.52. The van der Waals surface area contributed by atoms with Crippen LogP contribution in [0.5, 0.6) is 0 Å². The number of carbonyl (C=O) groups is 1. The van der Waals surface area contributed by atoms with E-state index in [4.69, 9.17) is 5.11 Å². The minimum absolute atomic E-state index is 0.401. The lowest BCUT2D eigenvalue weighted by molar-refractivity contribution is -0.131. The Balaban J connectivity index is 1.43. The average Bonchev–Trinajstić information content (AvgIpc) is 3.10. The van der Waals surface area contributed by atoms with Crippen molar-refractivity contribution in [3.63, 3.8) is 0 Å². The van der Waals surface area contributed by atoms with Crippen LogP contribution in [0.15, 0.2) is 23.8 Å². The van der Waals surface area contributed by atoms with Crippen molar-refractivity contribution in [3.05, 3.63) is 23.8 Å². The molecule has 0 aromatic carbocycles. The molecule has 2 nitrogen and oxygen atoms in total. The van der Waals surface area contributed by atoms with Gasteiger partial charge in [0.05, 0.1) is 0 Å². The highest BCUT2D eigenvalue weighted by atomic mass is 16.4. The lowest BCUT2D eigenvalue weighted by Crippen LogP contribution is -2.50. The van der Waals surface area contributed by atoms with Crippen molar-refractivity contribution in [2.45, 2.75) is 112 Å². The van der Waals surface area contributed by atoms with E-state index in [9.17, 15) is 4.79 Å². The third-order valence-corrected chi connectivity index (χ3v) is 11.1. The van der Waals surface area contributed by atoms with Gasteiger partial charge >= 0.3 is 5.97 Å². The van der Waals surface area contributed by atoms with Crippen LogP contribution in [0.2, 0.25) is 0 Å². The van der Waals surface area contributed by atoms with E-state index in [0.29, 0.717) is 16.7 Å². The van der Waals surface area contributed by atoms with Crippen LogP contribution in [0.3, 0.4) is 0 Å². The molecule has 3 saturated carbocycles. The Morgan fingerprint density at radius 2 is 1.88 bits per heavy atom. The van der Waals surface area contributed by atoms with Crippen LogP contribution in [0, 0.1) is 52.3 Å². The lowest BCUT2D eigenvalue weighted by atomic mass is 9.46. The molecule has 0 spiro atoms. The van der Waals surface area contributed by atoms with Crippen molar-refractivity contribution in [3.8, 4) is 0 Å². The molecule has 0 bridgehead atoms. The van der Waals surface area contributed by atoms with E-state index in [1.807, 2.05) is 6.08 Å². The van der Waals surface area contributed by atoms with Gasteiger partial charge in [-0.3, -0.25) is 0 Å². The molecule has 0 aromatic heterocycles. The average molecular weight is 455 g/mol. The second-order valence-electron chi connectivity index (χ2n) is 13.4. The van der Waals surface area contributed by atoms with E-state index in [1.165, 1.54) is 76.7 Å². The molecule has 4 unspecified atom stereocenters. The Morgan fingerprint density at radius 3 is 2.61 bits per heavy atom. The second kappa shape index (κ2) is 9.90. The first-order valence-corrected chi connectivity index (χ1v) is 14.2. The van der Waals surface area contributed by atoms with Crippen molar-refractivity contribution < 1.29 is 9.90 Å². The first-order valence-electron chi connectivity index (χ1n) is 14.2. The first-order chi connectivity index (χ1) is 15.6. The number of allylic oxidation sites excluding steroid dienone is 3. The van der Waals surface area contributed by atoms with Crippen LogP contribution in [0.25, 0.3) is 0 Å². The van der Waals surface area contributed by atoms with Gasteiger partial charge in [0.2, 0.25) is 0 Å². The maximum absolute atomic E-state index is 10.8. The van der Waals surface area contributed by atoms with E-state index in [0.717, 1.165) is 41.9 Å². The lowest BCUT2D eigenvalue weighted by Gasteiger charge is -2.58. The molecule has 33 heavy (non-hydrogen) atoms. The summed E-state index contributed by atoms with van der Waals surface area (Å²) < 4.78 is 0. The van der Waals surface area contributed by atoms with Gasteiger partial charge in [-0.15, -0.1) is 0 Å². The maximum atomic E-state index is 10.8. The van der Waals surface area contributed by atoms with Gasteiger partial charge in [0.1, 0.15) is 0 Å². The second-order valence-corrected chi connectivity index (χ2v) is 13.4. The highest BCUT2D eigenvalue weighted by molar-refractivity contribution is 5.79. The summed E-state index contributed by atoms with van der Waals surface area (Å²) >= 11 is 0. The highest BCUT2D eigenvalue weighted by Crippen LogP contribution is 2.67. The summed E-state index contributed by atoms with van der Waals surface area (Å²) in [6.07, 6.45) is 21.9. The Hall–Kier alpha value is -1.05. The molecule has 4 rings (SSSR count). The number of carboxylic acids is 1. The van der Waals surface area contributed by atoms with Gasteiger partial charge in [0.15, 0.2) is 0 Å². The monoisotopic (exact) mass is 454 g/mol. The van der Waals surface area contributed by atoms with E-state index < -0.39 is 5.97 Å². The van der Waals surface area contributed by atoms with Crippen molar-refractivity contribution >= 4 is 5.97 Å². The zero-order valence-electron chi connectivity index (χ0n) is 22.1. The van der Waals surface area contributed by atoms with Crippen LogP contribution in [0.1, 0.15) is 112 Å². The van der Waals surface area contributed by atoms with Crippen LogP contribution in [-0.2, 0) is 4.79 Å². The Morgan fingerprint density at radius 1 is 1.09 bits per heavy atom. The molecule has 0 aromatic rings. The minimum Gasteiger partial charge on any atom is -0.478 e. The fraction of sp³-hybridized carbons (Fsp3) is 0.839. The third-order valence-electron chi connectivity index (χ3n) is 11.1. The largest absolute Gasteiger partial charge is 0.478 e. The van der Waals surface area contributed by atoms with Gasteiger partial charge in [-0.25, -0.2) is 4.79 Å².